The summed E-state index contributed by atoms with van der Waals surface area (Å²) in [6.07, 6.45) is 1.05. The van der Waals surface area contributed by atoms with Crippen LogP contribution in [0, 0.1) is 5.92 Å². The molecule has 0 radical (unpaired) electrons. The van der Waals surface area contributed by atoms with Crippen molar-refractivity contribution in [2.24, 2.45) is 5.92 Å². The zero-order valence-electron chi connectivity index (χ0n) is 12.3. The molecule has 0 N–H and O–H groups in total. The summed E-state index contributed by atoms with van der Waals surface area (Å²) in [6, 6.07) is 10.3. The van der Waals surface area contributed by atoms with Crippen LogP contribution in [0.4, 0.5) is 0 Å². The SMILES string of the molecule is CCc1ccc(C(Cl)c2ccc3c(c2)OCC(C)CO3)s1. The Kier molecular flexibility index (Phi) is 4.41. The van der Waals surface area contributed by atoms with E-state index in [4.69, 9.17) is 21.1 Å². The topological polar surface area (TPSA) is 18.5 Å². The van der Waals surface area contributed by atoms with Gasteiger partial charge in [0.05, 0.1) is 18.6 Å². The van der Waals surface area contributed by atoms with Crippen LogP contribution in [0.2, 0.25) is 0 Å². The van der Waals surface area contributed by atoms with Gasteiger partial charge in [-0.25, -0.2) is 0 Å². The molecule has 1 aliphatic heterocycles. The van der Waals surface area contributed by atoms with Crippen LogP contribution in [-0.2, 0) is 6.42 Å². The maximum absolute atomic E-state index is 6.63. The summed E-state index contributed by atoms with van der Waals surface area (Å²) in [4.78, 5) is 2.54. The van der Waals surface area contributed by atoms with Gasteiger partial charge in [-0.1, -0.05) is 19.9 Å². The lowest BCUT2D eigenvalue weighted by Gasteiger charge is -2.12. The van der Waals surface area contributed by atoms with Crippen LogP contribution in [0.1, 0.15) is 34.5 Å². The number of fused-ring (bicyclic) bond motifs is 1. The zero-order valence-corrected chi connectivity index (χ0v) is 13.8. The van der Waals surface area contributed by atoms with E-state index in [9.17, 15) is 0 Å². The van der Waals surface area contributed by atoms with E-state index in [0.29, 0.717) is 19.1 Å². The van der Waals surface area contributed by atoms with E-state index in [-0.39, 0.29) is 5.38 Å². The fourth-order valence-corrected chi connectivity index (χ4v) is 3.61. The molecule has 112 valence electrons. The summed E-state index contributed by atoms with van der Waals surface area (Å²) >= 11 is 8.40. The highest BCUT2D eigenvalue weighted by Gasteiger charge is 2.19. The number of rotatable bonds is 3. The van der Waals surface area contributed by atoms with Crippen molar-refractivity contribution in [1.29, 1.82) is 0 Å². The molecule has 4 heteroatoms. The first-order chi connectivity index (χ1) is 10.2. The summed E-state index contributed by atoms with van der Waals surface area (Å²) < 4.78 is 11.6. The van der Waals surface area contributed by atoms with Crippen molar-refractivity contribution >= 4 is 22.9 Å². The Morgan fingerprint density at radius 3 is 2.67 bits per heavy atom. The van der Waals surface area contributed by atoms with Crippen molar-refractivity contribution in [3.63, 3.8) is 0 Å². The number of thiophene rings is 1. The van der Waals surface area contributed by atoms with Gasteiger partial charge in [-0.05, 0) is 36.2 Å². The molecule has 3 rings (SSSR count). The molecule has 0 aliphatic carbocycles. The number of hydrogen-bond donors (Lipinski definition) is 0. The molecule has 1 aromatic heterocycles. The lowest BCUT2D eigenvalue weighted by atomic mass is 10.1. The summed E-state index contributed by atoms with van der Waals surface area (Å²) in [7, 11) is 0. The van der Waals surface area contributed by atoms with Gasteiger partial charge < -0.3 is 9.47 Å². The predicted molar refractivity (Wildman–Crippen MR) is 88.0 cm³/mol. The minimum Gasteiger partial charge on any atom is -0.489 e. The zero-order chi connectivity index (χ0) is 14.8. The summed E-state index contributed by atoms with van der Waals surface area (Å²) in [5.74, 6) is 2.01. The molecular weight excluding hydrogens is 304 g/mol. The fraction of sp³-hybridized carbons (Fsp3) is 0.412. The lowest BCUT2D eigenvalue weighted by Crippen LogP contribution is -2.12. The first kappa shape index (κ1) is 14.7. The van der Waals surface area contributed by atoms with Gasteiger partial charge in [0.1, 0.15) is 0 Å². The average Bonchev–Trinajstić information content (AvgIpc) is 2.91. The van der Waals surface area contributed by atoms with E-state index >= 15 is 0 Å². The summed E-state index contributed by atoms with van der Waals surface area (Å²) in [6.45, 7) is 5.66. The minimum absolute atomic E-state index is 0.134. The average molecular weight is 323 g/mol. The van der Waals surface area contributed by atoms with Crippen LogP contribution >= 0.6 is 22.9 Å². The van der Waals surface area contributed by atoms with Crippen LogP contribution in [0.5, 0.6) is 11.5 Å². The second-order valence-corrected chi connectivity index (χ2v) is 7.09. The van der Waals surface area contributed by atoms with Gasteiger partial charge in [0.25, 0.3) is 0 Å². The predicted octanol–water partition coefficient (Wildman–Crippen LogP) is 5.05. The molecule has 2 atom stereocenters. The molecular formula is C17H19ClO2S. The molecule has 0 spiro atoms. The van der Waals surface area contributed by atoms with Crippen molar-refractivity contribution in [1.82, 2.24) is 0 Å². The van der Waals surface area contributed by atoms with E-state index in [2.05, 4.69) is 26.0 Å². The third-order valence-electron chi connectivity index (χ3n) is 3.59. The highest BCUT2D eigenvalue weighted by atomic mass is 35.5. The third kappa shape index (κ3) is 3.19. The van der Waals surface area contributed by atoms with Gasteiger partial charge in [-0.15, -0.1) is 22.9 Å². The van der Waals surface area contributed by atoms with Gasteiger partial charge in [0.2, 0.25) is 0 Å². The molecule has 2 nitrogen and oxygen atoms in total. The first-order valence-corrected chi connectivity index (χ1v) is 8.55. The molecule has 2 heterocycles. The third-order valence-corrected chi connectivity index (χ3v) is 5.50. The maximum atomic E-state index is 6.63. The van der Waals surface area contributed by atoms with E-state index < -0.39 is 0 Å². The quantitative estimate of drug-likeness (QED) is 0.736. The Bertz CT molecular complexity index is 623. The molecule has 2 unspecified atom stereocenters. The smallest absolute Gasteiger partial charge is 0.161 e. The Labute approximate surface area is 134 Å². The standard InChI is InChI=1S/C17H19ClO2S/c1-3-13-5-7-16(21-13)17(18)12-4-6-14-15(8-12)20-10-11(2)9-19-14/h4-8,11,17H,3,9-10H2,1-2H3. The van der Waals surface area contributed by atoms with Gasteiger partial charge in [-0.3, -0.25) is 0 Å². The largest absolute Gasteiger partial charge is 0.489 e. The van der Waals surface area contributed by atoms with E-state index in [1.54, 1.807) is 11.3 Å². The molecule has 0 fully saturated rings. The molecule has 1 aromatic carbocycles. The van der Waals surface area contributed by atoms with Crippen molar-refractivity contribution in [2.45, 2.75) is 25.6 Å². The Morgan fingerprint density at radius 2 is 1.95 bits per heavy atom. The molecule has 0 amide bonds. The Hall–Kier alpha value is -1.19. The van der Waals surface area contributed by atoms with Crippen LogP contribution in [-0.4, -0.2) is 13.2 Å². The number of hydrogen-bond acceptors (Lipinski definition) is 3. The number of aryl methyl sites for hydroxylation is 1. The first-order valence-electron chi connectivity index (χ1n) is 7.29. The Balaban J connectivity index is 1.86. The van der Waals surface area contributed by atoms with Crippen LogP contribution in [0.3, 0.4) is 0 Å². The lowest BCUT2D eigenvalue weighted by molar-refractivity contribution is 0.228. The van der Waals surface area contributed by atoms with Gasteiger partial charge in [0.15, 0.2) is 11.5 Å². The maximum Gasteiger partial charge on any atom is 0.161 e. The van der Waals surface area contributed by atoms with E-state index in [0.717, 1.165) is 23.5 Å². The molecule has 21 heavy (non-hydrogen) atoms. The van der Waals surface area contributed by atoms with Gasteiger partial charge in [-0.2, -0.15) is 0 Å². The minimum atomic E-state index is -0.134. The number of alkyl halides is 1. The second kappa shape index (κ2) is 6.29. The normalized spacial score (nSPS) is 19.1. The fourth-order valence-electron chi connectivity index (χ4n) is 2.31. The Morgan fingerprint density at radius 1 is 1.19 bits per heavy atom. The van der Waals surface area contributed by atoms with Crippen LogP contribution < -0.4 is 9.47 Å². The molecule has 2 aromatic rings. The van der Waals surface area contributed by atoms with Gasteiger partial charge in [0, 0.05) is 15.7 Å². The van der Waals surface area contributed by atoms with E-state index in [1.807, 2.05) is 18.2 Å². The molecule has 1 aliphatic rings. The second-order valence-electron chi connectivity index (χ2n) is 5.45. The highest BCUT2D eigenvalue weighted by Crippen LogP contribution is 2.39. The molecule has 0 saturated heterocycles. The van der Waals surface area contributed by atoms with Crippen molar-refractivity contribution < 1.29 is 9.47 Å². The summed E-state index contributed by atoms with van der Waals surface area (Å²) in [5, 5.41) is -0.134. The highest BCUT2D eigenvalue weighted by molar-refractivity contribution is 7.12. The van der Waals surface area contributed by atoms with Crippen LogP contribution in [0.25, 0.3) is 0 Å². The number of ether oxygens (including phenoxy) is 2. The molecule has 0 bridgehead atoms. The summed E-state index contributed by atoms with van der Waals surface area (Å²) in [5.41, 5.74) is 1.05. The van der Waals surface area contributed by atoms with Crippen molar-refractivity contribution in [3.8, 4) is 11.5 Å². The molecule has 0 saturated carbocycles. The van der Waals surface area contributed by atoms with Gasteiger partial charge >= 0.3 is 0 Å². The van der Waals surface area contributed by atoms with Crippen molar-refractivity contribution in [3.05, 3.63) is 45.6 Å². The number of halogens is 1. The monoisotopic (exact) mass is 322 g/mol. The van der Waals surface area contributed by atoms with E-state index in [1.165, 1.54) is 9.75 Å². The van der Waals surface area contributed by atoms with Crippen LogP contribution in [0.15, 0.2) is 30.3 Å². The number of benzene rings is 1. The van der Waals surface area contributed by atoms with Crippen molar-refractivity contribution in [2.75, 3.05) is 13.2 Å².